The van der Waals surface area contributed by atoms with Crippen LogP contribution in [0.4, 0.5) is 0 Å². The molecule has 6 heteroatoms. The molecular formula is C4H11BO5. The molecule has 5 nitrogen and oxygen atoms in total. The van der Waals surface area contributed by atoms with E-state index >= 15 is 0 Å². The molecule has 60 valence electrons. The summed E-state index contributed by atoms with van der Waals surface area (Å²) in [5, 5.41) is 21.5. The standard InChI is InChI=1S/C4H8O2.BH3O3/c1-2-6-4-3-5-1;2-1(3)4/h1-4H2;2-4H. The van der Waals surface area contributed by atoms with Gasteiger partial charge in [0.1, 0.15) is 0 Å². The highest BCUT2D eigenvalue weighted by atomic mass is 16.6. The minimum Gasteiger partial charge on any atom is -0.402 e. The average Bonchev–Trinajstić information content (AvgIpc) is 1.90. The zero-order chi connectivity index (χ0) is 7.82. The largest absolute Gasteiger partial charge is 0.631 e. The third-order valence-corrected chi connectivity index (χ3v) is 0.744. The van der Waals surface area contributed by atoms with Crippen LogP contribution >= 0.6 is 0 Å². The topological polar surface area (TPSA) is 79.2 Å². The average molecular weight is 150 g/mol. The van der Waals surface area contributed by atoms with Gasteiger partial charge in [-0.1, -0.05) is 0 Å². The summed E-state index contributed by atoms with van der Waals surface area (Å²) in [5.74, 6) is 0. The molecule has 3 N–H and O–H groups in total. The first kappa shape index (κ1) is 9.86. The van der Waals surface area contributed by atoms with Gasteiger partial charge in [-0.15, -0.1) is 0 Å². The van der Waals surface area contributed by atoms with Crippen molar-refractivity contribution < 1.29 is 24.5 Å². The summed E-state index contributed by atoms with van der Waals surface area (Å²) in [4.78, 5) is 0. The summed E-state index contributed by atoms with van der Waals surface area (Å²) in [6.45, 7) is 3.11. The van der Waals surface area contributed by atoms with Crippen molar-refractivity contribution in [3.05, 3.63) is 0 Å². The van der Waals surface area contributed by atoms with Crippen LogP contribution in [0.15, 0.2) is 0 Å². The van der Waals surface area contributed by atoms with E-state index in [1.54, 1.807) is 0 Å². The van der Waals surface area contributed by atoms with Crippen molar-refractivity contribution in [1.82, 2.24) is 0 Å². The Labute approximate surface area is 59.4 Å². The maximum absolute atomic E-state index is 7.17. The van der Waals surface area contributed by atoms with Crippen molar-refractivity contribution in [2.45, 2.75) is 0 Å². The summed E-state index contributed by atoms with van der Waals surface area (Å²) >= 11 is 0. The highest BCUT2D eigenvalue weighted by Crippen LogP contribution is 1.85. The lowest BCUT2D eigenvalue weighted by Gasteiger charge is -2.09. The molecule has 0 aromatic rings. The van der Waals surface area contributed by atoms with Gasteiger partial charge < -0.3 is 24.5 Å². The van der Waals surface area contributed by atoms with Gasteiger partial charge in [0.2, 0.25) is 0 Å². The summed E-state index contributed by atoms with van der Waals surface area (Å²) in [6.07, 6.45) is 0. The molecule has 0 atom stereocenters. The van der Waals surface area contributed by atoms with E-state index in [0.717, 1.165) is 26.4 Å². The lowest BCUT2D eigenvalue weighted by Crippen LogP contribution is -2.16. The monoisotopic (exact) mass is 150 g/mol. The van der Waals surface area contributed by atoms with Crippen LogP contribution in [0.5, 0.6) is 0 Å². The molecule has 1 aliphatic rings. The van der Waals surface area contributed by atoms with E-state index in [-0.39, 0.29) is 0 Å². The third kappa shape index (κ3) is 10.8. The minimum absolute atomic E-state index is 0.778. The molecule has 10 heavy (non-hydrogen) atoms. The Bertz CT molecular complexity index is 50.4. The Kier molecular flexibility index (Phi) is 6.88. The van der Waals surface area contributed by atoms with Gasteiger partial charge in [0.25, 0.3) is 0 Å². The fraction of sp³-hybridized carbons (Fsp3) is 1.00. The van der Waals surface area contributed by atoms with E-state index in [4.69, 9.17) is 24.5 Å². The van der Waals surface area contributed by atoms with Crippen LogP contribution in [0.2, 0.25) is 0 Å². The molecular weight excluding hydrogens is 139 g/mol. The number of rotatable bonds is 0. The first-order valence-corrected chi connectivity index (χ1v) is 2.93. The minimum atomic E-state index is -2.17. The van der Waals surface area contributed by atoms with Crippen LogP contribution in [-0.4, -0.2) is 48.8 Å². The molecule has 0 radical (unpaired) electrons. The molecule has 0 bridgehead atoms. The van der Waals surface area contributed by atoms with Gasteiger partial charge in [-0.25, -0.2) is 0 Å². The van der Waals surface area contributed by atoms with Crippen LogP contribution in [0, 0.1) is 0 Å². The molecule has 1 saturated heterocycles. The molecule has 0 amide bonds. The molecule has 1 rings (SSSR count). The van der Waals surface area contributed by atoms with Crippen molar-refractivity contribution in [3.8, 4) is 0 Å². The van der Waals surface area contributed by atoms with Crippen molar-refractivity contribution in [2.24, 2.45) is 0 Å². The van der Waals surface area contributed by atoms with Crippen LogP contribution in [0.3, 0.4) is 0 Å². The van der Waals surface area contributed by atoms with Crippen molar-refractivity contribution >= 4 is 7.32 Å². The molecule has 0 aliphatic carbocycles. The Morgan fingerprint density at radius 2 is 1.00 bits per heavy atom. The van der Waals surface area contributed by atoms with Gasteiger partial charge >= 0.3 is 7.32 Å². The van der Waals surface area contributed by atoms with E-state index in [0.29, 0.717) is 0 Å². The fourth-order valence-electron chi connectivity index (χ4n) is 0.440. The van der Waals surface area contributed by atoms with Gasteiger partial charge in [-0.2, -0.15) is 0 Å². The molecule has 1 aliphatic heterocycles. The quantitative estimate of drug-likeness (QED) is 0.347. The highest BCUT2D eigenvalue weighted by Gasteiger charge is 1.94. The molecule has 1 fully saturated rings. The molecule has 0 unspecified atom stereocenters. The van der Waals surface area contributed by atoms with Crippen molar-refractivity contribution in [3.63, 3.8) is 0 Å². The van der Waals surface area contributed by atoms with Crippen LogP contribution in [-0.2, 0) is 9.47 Å². The van der Waals surface area contributed by atoms with Crippen molar-refractivity contribution in [2.75, 3.05) is 26.4 Å². The van der Waals surface area contributed by atoms with E-state index in [9.17, 15) is 0 Å². The van der Waals surface area contributed by atoms with E-state index in [2.05, 4.69) is 0 Å². The summed E-state index contributed by atoms with van der Waals surface area (Å²) in [6, 6.07) is 0. The summed E-state index contributed by atoms with van der Waals surface area (Å²) < 4.78 is 9.89. The highest BCUT2D eigenvalue weighted by molar-refractivity contribution is 6.30. The van der Waals surface area contributed by atoms with Gasteiger partial charge in [-0.3, -0.25) is 0 Å². The van der Waals surface area contributed by atoms with Gasteiger partial charge in [0, 0.05) is 0 Å². The Balaban J connectivity index is 0.000000180. The molecule has 0 spiro atoms. The fourth-order valence-corrected chi connectivity index (χ4v) is 0.440. The Morgan fingerprint density at radius 3 is 1.10 bits per heavy atom. The smallest absolute Gasteiger partial charge is 0.402 e. The second-order valence-corrected chi connectivity index (χ2v) is 1.57. The molecule has 1 heterocycles. The lowest BCUT2D eigenvalue weighted by molar-refractivity contribution is -0.0334. The summed E-state index contributed by atoms with van der Waals surface area (Å²) in [5.41, 5.74) is 0. The predicted octanol–water partition coefficient (Wildman–Crippen LogP) is -2.02. The van der Waals surface area contributed by atoms with Crippen LogP contribution in [0.25, 0.3) is 0 Å². The van der Waals surface area contributed by atoms with Gasteiger partial charge in [0.05, 0.1) is 26.4 Å². The Hall–Kier alpha value is -0.135. The first-order chi connectivity index (χ1) is 4.73. The molecule has 0 aromatic heterocycles. The third-order valence-electron chi connectivity index (χ3n) is 0.744. The van der Waals surface area contributed by atoms with Crippen LogP contribution < -0.4 is 0 Å². The van der Waals surface area contributed by atoms with E-state index < -0.39 is 7.32 Å². The van der Waals surface area contributed by atoms with E-state index in [1.165, 1.54) is 0 Å². The normalized spacial score (nSPS) is 17.1. The maximum Gasteiger partial charge on any atom is 0.631 e. The maximum atomic E-state index is 7.17. The SMILES string of the molecule is C1COCCO1.OB(O)O. The molecule has 0 saturated carbocycles. The number of hydrogen-bond donors (Lipinski definition) is 3. The number of ether oxygens (including phenoxy) is 2. The van der Waals surface area contributed by atoms with Crippen LogP contribution in [0.1, 0.15) is 0 Å². The Morgan fingerprint density at radius 1 is 0.800 bits per heavy atom. The summed E-state index contributed by atoms with van der Waals surface area (Å²) in [7, 11) is -2.17. The lowest BCUT2D eigenvalue weighted by atomic mass is 10.3. The van der Waals surface area contributed by atoms with Gasteiger partial charge in [0.15, 0.2) is 0 Å². The molecule has 0 aromatic carbocycles. The number of hydrogen-bond acceptors (Lipinski definition) is 5. The van der Waals surface area contributed by atoms with Gasteiger partial charge in [-0.05, 0) is 0 Å². The van der Waals surface area contributed by atoms with E-state index in [1.807, 2.05) is 0 Å². The first-order valence-electron chi connectivity index (χ1n) is 2.93. The second-order valence-electron chi connectivity index (χ2n) is 1.57. The predicted molar refractivity (Wildman–Crippen MR) is 34.0 cm³/mol. The van der Waals surface area contributed by atoms with Crippen molar-refractivity contribution in [1.29, 1.82) is 0 Å². The second kappa shape index (κ2) is 6.98. The zero-order valence-electron chi connectivity index (χ0n) is 5.56. The zero-order valence-corrected chi connectivity index (χ0v) is 5.56.